The first kappa shape index (κ1) is 18.3. The fraction of sp³-hybridized carbons (Fsp3) is 0.364. The van der Waals surface area contributed by atoms with Crippen LogP contribution in [0.5, 0.6) is 0 Å². The number of nitro groups is 1. The minimum atomic E-state index is -0.961. The van der Waals surface area contributed by atoms with Gasteiger partial charge in [0, 0.05) is 15.9 Å². The summed E-state index contributed by atoms with van der Waals surface area (Å²) in [6.07, 6.45) is 1.71. The number of benzene rings is 2. The van der Waals surface area contributed by atoms with Gasteiger partial charge in [0.2, 0.25) is 6.04 Å². The van der Waals surface area contributed by atoms with Crippen molar-refractivity contribution in [2.45, 2.75) is 44.8 Å². The van der Waals surface area contributed by atoms with Crippen LogP contribution in [0.4, 0.5) is 0 Å². The second-order valence-electron chi connectivity index (χ2n) is 8.47. The summed E-state index contributed by atoms with van der Waals surface area (Å²) in [6.45, 7) is 5.56. The van der Waals surface area contributed by atoms with E-state index in [0.717, 1.165) is 16.7 Å². The molecular weight excluding hydrogens is 354 g/mol. The van der Waals surface area contributed by atoms with E-state index in [4.69, 9.17) is 0 Å². The summed E-state index contributed by atoms with van der Waals surface area (Å²) in [4.78, 5) is 25.5. The van der Waals surface area contributed by atoms with Crippen LogP contribution in [0.25, 0.3) is 0 Å². The van der Waals surface area contributed by atoms with E-state index < -0.39 is 29.5 Å². The number of hydrogen-bond acceptors (Lipinski definition) is 5. The van der Waals surface area contributed by atoms with Crippen molar-refractivity contribution in [2.75, 3.05) is 0 Å². The van der Waals surface area contributed by atoms with Crippen molar-refractivity contribution in [1.82, 2.24) is 5.01 Å². The lowest BCUT2D eigenvalue weighted by Crippen LogP contribution is -2.43. The van der Waals surface area contributed by atoms with E-state index in [1.54, 1.807) is 11.2 Å². The van der Waals surface area contributed by atoms with Crippen molar-refractivity contribution in [1.29, 1.82) is 0 Å². The number of carbonyl (C=O) groups excluding carboxylic acids is 1. The van der Waals surface area contributed by atoms with E-state index in [-0.39, 0.29) is 10.7 Å². The van der Waals surface area contributed by atoms with Crippen LogP contribution in [0.3, 0.4) is 0 Å². The molecule has 0 aromatic heterocycles. The molecule has 4 rings (SSSR count). The summed E-state index contributed by atoms with van der Waals surface area (Å²) < 4.78 is 0. The monoisotopic (exact) mass is 377 g/mol. The molecular formula is C22H23N3O3. The lowest BCUT2D eigenvalue weighted by molar-refractivity contribution is -0.529. The molecule has 1 fully saturated rings. The maximum absolute atomic E-state index is 13.4. The minimum absolute atomic E-state index is 0.0350. The van der Waals surface area contributed by atoms with Gasteiger partial charge < -0.3 is 0 Å². The Labute approximate surface area is 164 Å². The Morgan fingerprint density at radius 3 is 2.36 bits per heavy atom. The van der Waals surface area contributed by atoms with Gasteiger partial charge in [-0.05, 0) is 11.1 Å². The summed E-state index contributed by atoms with van der Waals surface area (Å²) in [7, 11) is 0. The zero-order valence-corrected chi connectivity index (χ0v) is 16.1. The van der Waals surface area contributed by atoms with E-state index in [2.05, 4.69) is 5.10 Å². The Morgan fingerprint density at radius 1 is 1.07 bits per heavy atom. The van der Waals surface area contributed by atoms with E-state index in [0.29, 0.717) is 0 Å². The number of rotatable bonds is 3. The first-order valence-corrected chi connectivity index (χ1v) is 9.44. The van der Waals surface area contributed by atoms with Crippen LogP contribution in [-0.2, 0) is 4.79 Å². The Bertz CT molecular complexity index is 949. The smallest absolute Gasteiger partial charge is 0.248 e. The molecule has 2 heterocycles. The SMILES string of the molecule is CC(C)(C)C(=O)[C@@H]1[C@@H](c2ccccc2)[C@H]([N+](=O)[O-])[C@H]2c3ccccc3C=NN12. The molecule has 0 radical (unpaired) electrons. The van der Waals surface area contributed by atoms with Crippen LogP contribution in [0.15, 0.2) is 59.7 Å². The van der Waals surface area contributed by atoms with Crippen LogP contribution >= 0.6 is 0 Å². The second-order valence-corrected chi connectivity index (χ2v) is 8.47. The van der Waals surface area contributed by atoms with Gasteiger partial charge in [0.1, 0.15) is 12.1 Å². The predicted molar refractivity (Wildman–Crippen MR) is 107 cm³/mol. The summed E-state index contributed by atoms with van der Waals surface area (Å²) in [5.41, 5.74) is 1.88. The molecule has 6 heteroatoms. The fourth-order valence-electron chi connectivity index (χ4n) is 4.40. The van der Waals surface area contributed by atoms with Crippen molar-refractivity contribution < 1.29 is 9.72 Å². The van der Waals surface area contributed by atoms with E-state index in [1.165, 1.54) is 0 Å². The summed E-state index contributed by atoms with van der Waals surface area (Å²) in [5, 5.41) is 18.5. The molecule has 4 atom stereocenters. The van der Waals surface area contributed by atoms with Crippen LogP contribution in [0, 0.1) is 15.5 Å². The van der Waals surface area contributed by atoms with Gasteiger partial charge in [0.05, 0.1) is 12.1 Å². The maximum Gasteiger partial charge on any atom is 0.248 e. The van der Waals surface area contributed by atoms with E-state index >= 15 is 0 Å². The maximum atomic E-state index is 13.4. The second kappa shape index (κ2) is 6.55. The number of hydrogen-bond donors (Lipinski definition) is 0. The van der Waals surface area contributed by atoms with Gasteiger partial charge in [-0.1, -0.05) is 75.4 Å². The van der Waals surface area contributed by atoms with Crippen molar-refractivity contribution >= 4 is 12.0 Å². The third kappa shape index (κ3) is 2.80. The van der Waals surface area contributed by atoms with Gasteiger partial charge in [0.25, 0.3) is 0 Å². The van der Waals surface area contributed by atoms with Gasteiger partial charge in [-0.25, -0.2) is 0 Å². The van der Waals surface area contributed by atoms with Crippen LogP contribution in [0.2, 0.25) is 0 Å². The average Bonchev–Trinajstić information content (AvgIpc) is 3.03. The van der Waals surface area contributed by atoms with E-state index in [1.807, 2.05) is 75.4 Å². The van der Waals surface area contributed by atoms with Crippen molar-refractivity contribution in [2.24, 2.45) is 10.5 Å². The Morgan fingerprint density at radius 2 is 1.71 bits per heavy atom. The molecule has 0 N–H and O–H groups in total. The summed E-state index contributed by atoms with van der Waals surface area (Å²) >= 11 is 0. The standard InChI is InChI=1S/C22H23N3O3/c1-22(2,3)21(26)20-17(14-9-5-4-6-10-14)19(25(27)28)18-16-12-8-7-11-15(16)13-23-24(18)20/h4-13,17-20H,1-3H3/t17-,18+,19-,20-/m0/s1. The van der Waals surface area contributed by atoms with Crippen LogP contribution in [0.1, 0.15) is 49.4 Å². The highest BCUT2D eigenvalue weighted by Gasteiger charge is 2.61. The normalized spacial score (nSPS) is 25.9. The first-order valence-electron chi connectivity index (χ1n) is 9.44. The Kier molecular flexibility index (Phi) is 4.29. The Hall–Kier alpha value is -3.02. The highest BCUT2D eigenvalue weighted by Crippen LogP contribution is 2.50. The molecule has 2 aliphatic heterocycles. The van der Waals surface area contributed by atoms with Gasteiger partial charge in [0.15, 0.2) is 5.78 Å². The third-order valence-corrected chi connectivity index (χ3v) is 5.68. The van der Waals surface area contributed by atoms with Crippen molar-refractivity contribution in [3.63, 3.8) is 0 Å². The van der Waals surface area contributed by atoms with Gasteiger partial charge >= 0.3 is 0 Å². The summed E-state index contributed by atoms with van der Waals surface area (Å²) in [6, 6.07) is 14.7. The lowest BCUT2D eigenvalue weighted by atomic mass is 9.78. The zero-order chi connectivity index (χ0) is 20.1. The topological polar surface area (TPSA) is 75.8 Å². The number of ketones is 1. The van der Waals surface area contributed by atoms with Crippen LogP contribution in [-0.4, -0.2) is 34.0 Å². The molecule has 2 aromatic carbocycles. The molecule has 0 unspecified atom stereocenters. The minimum Gasteiger partial charge on any atom is -0.297 e. The van der Waals surface area contributed by atoms with Crippen molar-refractivity contribution in [3.05, 3.63) is 81.4 Å². The number of fused-ring (bicyclic) bond motifs is 3. The number of carbonyl (C=O) groups is 1. The first-order chi connectivity index (χ1) is 13.3. The molecule has 0 aliphatic carbocycles. The number of nitrogens with zero attached hydrogens (tertiary/aromatic N) is 3. The Balaban J connectivity index is 1.94. The molecule has 1 saturated heterocycles. The highest BCUT2D eigenvalue weighted by molar-refractivity contribution is 5.91. The average molecular weight is 377 g/mol. The summed E-state index contributed by atoms with van der Waals surface area (Å²) in [5.74, 6) is -0.608. The molecule has 0 amide bonds. The number of hydrazone groups is 1. The van der Waals surface area contributed by atoms with Crippen molar-refractivity contribution in [3.8, 4) is 0 Å². The van der Waals surface area contributed by atoms with Gasteiger partial charge in [-0.3, -0.25) is 19.9 Å². The molecule has 0 bridgehead atoms. The quantitative estimate of drug-likeness (QED) is 0.602. The molecule has 2 aliphatic rings. The number of Topliss-reactive ketones (excluding diaryl/α,β-unsaturated/α-hetero) is 1. The molecule has 0 saturated carbocycles. The highest BCUT2D eigenvalue weighted by atomic mass is 16.6. The fourth-order valence-corrected chi connectivity index (χ4v) is 4.40. The lowest BCUT2D eigenvalue weighted by Gasteiger charge is -2.33. The molecule has 0 spiro atoms. The predicted octanol–water partition coefficient (Wildman–Crippen LogP) is 3.80. The zero-order valence-electron chi connectivity index (χ0n) is 16.1. The molecule has 2 aromatic rings. The molecule has 28 heavy (non-hydrogen) atoms. The molecule has 144 valence electrons. The van der Waals surface area contributed by atoms with Crippen LogP contribution < -0.4 is 0 Å². The van der Waals surface area contributed by atoms with Gasteiger partial charge in [-0.15, -0.1) is 0 Å². The molecule has 6 nitrogen and oxygen atoms in total. The van der Waals surface area contributed by atoms with E-state index in [9.17, 15) is 14.9 Å². The largest absolute Gasteiger partial charge is 0.297 e. The van der Waals surface area contributed by atoms with Gasteiger partial charge in [-0.2, -0.15) is 5.10 Å². The third-order valence-electron chi connectivity index (χ3n) is 5.68.